The van der Waals surface area contributed by atoms with Gasteiger partial charge in [-0.05, 0) is 49.0 Å². The van der Waals surface area contributed by atoms with Gasteiger partial charge in [0, 0.05) is 17.3 Å². The molecule has 0 bridgehead atoms. The molecule has 2 aromatic carbocycles. The van der Waals surface area contributed by atoms with Gasteiger partial charge in [0.05, 0.1) is 18.8 Å². The first kappa shape index (κ1) is 18.2. The zero-order valence-electron chi connectivity index (χ0n) is 14.3. The van der Waals surface area contributed by atoms with Gasteiger partial charge in [0.25, 0.3) is 0 Å². The Morgan fingerprint density at radius 3 is 2.81 bits per heavy atom. The Morgan fingerprint density at radius 2 is 2.00 bits per heavy atom. The van der Waals surface area contributed by atoms with Crippen LogP contribution in [-0.2, 0) is 6.54 Å². The summed E-state index contributed by atoms with van der Waals surface area (Å²) in [5.41, 5.74) is 1.89. The molecule has 0 aliphatic rings. The summed E-state index contributed by atoms with van der Waals surface area (Å²) in [5, 5.41) is 11.9. The molecule has 0 aliphatic heterocycles. The van der Waals surface area contributed by atoms with Crippen molar-refractivity contribution in [3.63, 3.8) is 0 Å². The van der Waals surface area contributed by atoms with Crippen LogP contribution in [0.4, 0.5) is 11.5 Å². The van der Waals surface area contributed by atoms with Crippen LogP contribution in [-0.4, -0.2) is 21.5 Å². The first-order valence-electron chi connectivity index (χ1n) is 8.22. The van der Waals surface area contributed by atoms with E-state index in [1.807, 2.05) is 72.4 Å². The first-order chi connectivity index (χ1) is 12.6. The smallest absolute Gasteiger partial charge is 0.176 e. The summed E-state index contributed by atoms with van der Waals surface area (Å²) in [7, 11) is 0. The average molecular weight is 387 g/mol. The van der Waals surface area contributed by atoms with Gasteiger partial charge in [0.15, 0.2) is 10.9 Å². The predicted octanol–water partition coefficient (Wildman–Crippen LogP) is 4.79. The fraction of sp³-hybridized carbons (Fsp3) is 0.158. The van der Waals surface area contributed by atoms with E-state index in [2.05, 4.69) is 15.7 Å². The molecule has 0 aliphatic carbocycles. The molecule has 1 heterocycles. The summed E-state index contributed by atoms with van der Waals surface area (Å²) in [6.45, 7) is 3.17. The van der Waals surface area contributed by atoms with E-state index in [1.54, 1.807) is 0 Å². The van der Waals surface area contributed by atoms with Crippen molar-refractivity contribution in [3.05, 3.63) is 71.4 Å². The van der Waals surface area contributed by atoms with Gasteiger partial charge in [0.2, 0.25) is 0 Å². The molecule has 0 unspecified atom stereocenters. The zero-order chi connectivity index (χ0) is 18.4. The zero-order valence-corrected chi connectivity index (χ0v) is 15.8. The normalized spacial score (nSPS) is 10.4. The van der Waals surface area contributed by atoms with Crippen LogP contribution in [0.1, 0.15) is 12.5 Å². The number of para-hydroxylation sites is 2. The molecule has 0 saturated heterocycles. The number of hydrogen-bond acceptors (Lipinski definition) is 3. The minimum Gasteiger partial charge on any atom is -0.492 e. The number of ether oxygens (including phenoxy) is 1. The Morgan fingerprint density at radius 1 is 1.15 bits per heavy atom. The largest absolute Gasteiger partial charge is 0.492 e. The van der Waals surface area contributed by atoms with Crippen molar-refractivity contribution in [2.75, 3.05) is 17.2 Å². The van der Waals surface area contributed by atoms with Gasteiger partial charge in [-0.1, -0.05) is 35.9 Å². The monoisotopic (exact) mass is 386 g/mol. The van der Waals surface area contributed by atoms with Gasteiger partial charge in [-0.25, -0.2) is 0 Å². The van der Waals surface area contributed by atoms with Gasteiger partial charge < -0.3 is 15.4 Å². The highest BCUT2D eigenvalue weighted by Gasteiger charge is 2.06. The highest BCUT2D eigenvalue weighted by molar-refractivity contribution is 7.80. The van der Waals surface area contributed by atoms with Gasteiger partial charge >= 0.3 is 0 Å². The lowest BCUT2D eigenvalue weighted by molar-refractivity contribution is 0.342. The molecule has 0 radical (unpaired) electrons. The van der Waals surface area contributed by atoms with Crippen LogP contribution in [0.5, 0.6) is 5.75 Å². The van der Waals surface area contributed by atoms with Crippen molar-refractivity contribution in [1.29, 1.82) is 0 Å². The Labute approximate surface area is 162 Å². The van der Waals surface area contributed by atoms with E-state index < -0.39 is 0 Å². The number of thiocarbonyl (C=S) groups is 1. The summed E-state index contributed by atoms with van der Waals surface area (Å²) < 4.78 is 7.41. The lowest BCUT2D eigenvalue weighted by Crippen LogP contribution is -2.20. The molecule has 0 spiro atoms. The molecule has 0 atom stereocenters. The second kappa shape index (κ2) is 8.69. The summed E-state index contributed by atoms with van der Waals surface area (Å²) in [4.78, 5) is 0. The standard InChI is InChI=1S/C19H19ClN4OS/c1-2-25-17-9-4-3-8-16(17)21-19(26)22-18-10-11-24(23-18)13-14-6-5-7-15(20)12-14/h3-12H,2,13H2,1H3,(H2,21,22,23,26). The SMILES string of the molecule is CCOc1ccccc1NC(=S)Nc1ccn(Cc2cccc(Cl)c2)n1. The van der Waals surface area contributed by atoms with Crippen molar-refractivity contribution < 1.29 is 4.74 Å². The number of hydrogen-bond donors (Lipinski definition) is 2. The van der Waals surface area contributed by atoms with Gasteiger partial charge in [-0.3, -0.25) is 4.68 Å². The van der Waals surface area contributed by atoms with Crippen molar-refractivity contribution >= 4 is 40.4 Å². The summed E-state index contributed by atoms with van der Waals surface area (Å²) in [6.07, 6.45) is 1.89. The molecular weight excluding hydrogens is 368 g/mol. The van der Waals surface area contributed by atoms with E-state index in [-0.39, 0.29) is 0 Å². The predicted molar refractivity (Wildman–Crippen MR) is 110 cm³/mol. The third-order valence-electron chi connectivity index (χ3n) is 3.55. The van der Waals surface area contributed by atoms with E-state index >= 15 is 0 Å². The van der Waals surface area contributed by atoms with Crippen LogP contribution in [0.3, 0.4) is 0 Å². The van der Waals surface area contributed by atoms with Crippen molar-refractivity contribution in [2.24, 2.45) is 0 Å². The molecule has 1 aromatic heterocycles. The molecule has 0 saturated carbocycles. The second-order valence-corrected chi connectivity index (χ2v) is 6.38. The van der Waals surface area contributed by atoms with Crippen LogP contribution in [0.15, 0.2) is 60.8 Å². The number of aromatic nitrogens is 2. The van der Waals surface area contributed by atoms with E-state index in [9.17, 15) is 0 Å². The lowest BCUT2D eigenvalue weighted by Gasteiger charge is -2.13. The van der Waals surface area contributed by atoms with E-state index in [0.29, 0.717) is 29.1 Å². The molecule has 0 fully saturated rings. The molecular formula is C19H19ClN4OS. The molecule has 26 heavy (non-hydrogen) atoms. The quantitative estimate of drug-likeness (QED) is 0.596. The van der Waals surface area contributed by atoms with Crippen molar-refractivity contribution in [3.8, 4) is 5.75 Å². The Hall–Kier alpha value is -2.57. The van der Waals surface area contributed by atoms with E-state index in [4.69, 9.17) is 28.6 Å². The molecule has 3 rings (SSSR count). The van der Waals surface area contributed by atoms with Crippen LogP contribution >= 0.6 is 23.8 Å². The van der Waals surface area contributed by atoms with Gasteiger partial charge in [-0.15, -0.1) is 0 Å². The van der Waals surface area contributed by atoms with Crippen LogP contribution in [0.2, 0.25) is 5.02 Å². The Kier molecular flexibility index (Phi) is 6.09. The fourth-order valence-corrected chi connectivity index (χ4v) is 2.89. The number of halogens is 1. The van der Waals surface area contributed by atoms with E-state index in [1.165, 1.54) is 0 Å². The third kappa shape index (κ3) is 4.97. The Bertz CT molecular complexity index is 897. The number of benzene rings is 2. The third-order valence-corrected chi connectivity index (χ3v) is 3.99. The number of rotatable bonds is 6. The Balaban J connectivity index is 1.61. The summed E-state index contributed by atoms with van der Waals surface area (Å²) in [6, 6.07) is 17.2. The minimum absolute atomic E-state index is 0.449. The molecule has 3 aromatic rings. The minimum atomic E-state index is 0.449. The molecule has 0 amide bonds. The number of nitrogens with one attached hydrogen (secondary N) is 2. The molecule has 134 valence electrons. The van der Waals surface area contributed by atoms with Crippen LogP contribution < -0.4 is 15.4 Å². The summed E-state index contributed by atoms with van der Waals surface area (Å²) >= 11 is 11.4. The highest BCUT2D eigenvalue weighted by atomic mass is 35.5. The summed E-state index contributed by atoms with van der Waals surface area (Å²) in [5.74, 6) is 1.42. The average Bonchev–Trinajstić information content (AvgIpc) is 3.03. The molecule has 5 nitrogen and oxygen atoms in total. The number of anilines is 2. The fourth-order valence-electron chi connectivity index (χ4n) is 2.46. The van der Waals surface area contributed by atoms with Crippen molar-refractivity contribution in [1.82, 2.24) is 9.78 Å². The maximum Gasteiger partial charge on any atom is 0.176 e. The van der Waals surface area contributed by atoms with Crippen LogP contribution in [0, 0.1) is 0 Å². The van der Waals surface area contributed by atoms with Gasteiger partial charge in [0.1, 0.15) is 5.75 Å². The maximum atomic E-state index is 6.02. The van der Waals surface area contributed by atoms with Crippen LogP contribution in [0.25, 0.3) is 0 Å². The molecule has 7 heteroatoms. The first-order valence-corrected chi connectivity index (χ1v) is 9.00. The maximum absolute atomic E-state index is 6.02. The highest BCUT2D eigenvalue weighted by Crippen LogP contribution is 2.23. The van der Waals surface area contributed by atoms with Gasteiger partial charge in [-0.2, -0.15) is 5.10 Å². The second-order valence-electron chi connectivity index (χ2n) is 5.54. The number of nitrogens with zero attached hydrogens (tertiary/aromatic N) is 2. The van der Waals surface area contributed by atoms with E-state index in [0.717, 1.165) is 17.0 Å². The van der Waals surface area contributed by atoms with Crippen molar-refractivity contribution in [2.45, 2.75) is 13.5 Å². The molecule has 2 N–H and O–H groups in total. The lowest BCUT2D eigenvalue weighted by atomic mass is 10.2. The topological polar surface area (TPSA) is 51.1 Å².